The molecule has 0 fully saturated rings. The van der Waals surface area contributed by atoms with E-state index in [0.29, 0.717) is 5.92 Å². The van der Waals surface area contributed by atoms with Gasteiger partial charge in [-0.25, -0.2) is 0 Å². The molecule has 0 spiro atoms. The Labute approximate surface area is 155 Å². The van der Waals surface area contributed by atoms with E-state index in [1.165, 1.54) is 33.2 Å². The van der Waals surface area contributed by atoms with Crippen LogP contribution in [0.4, 0.5) is 5.69 Å². The van der Waals surface area contributed by atoms with Crippen LogP contribution in [0.3, 0.4) is 0 Å². The third-order valence-corrected chi connectivity index (χ3v) is 5.45. The Morgan fingerprint density at radius 3 is 2.81 bits per heavy atom. The topological polar surface area (TPSA) is 30.9 Å². The maximum absolute atomic E-state index is 6.32. The third kappa shape index (κ3) is 3.08. The molecule has 1 atom stereocenters. The molecular formula is C24H26N2. The van der Waals surface area contributed by atoms with Gasteiger partial charge in [0.2, 0.25) is 0 Å². The first-order chi connectivity index (χ1) is 12.6. The van der Waals surface area contributed by atoms with Gasteiger partial charge in [0.25, 0.3) is 0 Å². The number of para-hydroxylation sites is 1. The van der Waals surface area contributed by atoms with Gasteiger partial charge in [0.1, 0.15) is 0 Å². The van der Waals surface area contributed by atoms with Crippen LogP contribution < -0.4 is 5.73 Å². The number of fused-ring (bicyclic) bond motifs is 2. The number of nitrogens with two attached hydrogens (primary N) is 1. The summed E-state index contributed by atoms with van der Waals surface area (Å²) in [5.74, 6) is 0.396. The molecule has 2 N–H and O–H groups in total. The Hall–Kier alpha value is -2.74. The molecule has 3 aromatic rings. The van der Waals surface area contributed by atoms with Crippen molar-refractivity contribution in [1.29, 1.82) is 0 Å². The first-order valence-electron chi connectivity index (χ1n) is 9.43. The van der Waals surface area contributed by atoms with Gasteiger partial charge in [-0.1, -0.05) is 55.0 Å². The van der Waals surface area contributed by atoms with E-state index < -0.39 is 0 Å². The van der Waals surface area contributed by atoms with Crippen molar-refractivity contribution in [1.82, 2.24) is 4.57 Å². The van der Waals surface area contributed by atoms with Gasteiger partial charge < -0.3 is 10.3 Å². The zero-order chi connectivity index (χ0) is 18.1. The molecule has 1 aliphatic rings. The molecule has 0 saturated carbocycles. The summed E-state index contributed by atoms with van der Waals surface area (Å²) in [4.78, 5) is 0. The highest BCUT2D eigenvalue weighted by Crippen LogP contribution is 2.34. The van der Waals surface area contributed by atoms with Crippen molar-refractivity contribution in [3.8, 4) is 0 Å². The van der Waals surface area contributed by atoms with Crippen LogP contribution in [0.2, 0.25) is 0 Å². The smallest absolute Gasteiger partial charge is 0.0480 e. The summed E-state index contributed by atoms with van der Waals surface area (Å²) in [5, 5.41) is 1.30. The van der Waals surface area contributed by atoms with Crippen molar-refractivity contribution in [2.45, 2.75) is 33.2 Å². The second-order valence-corrected chi connectivity index (χ2v) is 7.39. The van der Waals surface area contributed by atoms with E-state index in [1.807, 2.05) is 6.07 Å². The molecule has 0 amide bonds. The van der Waals surface area contributed by atoms with Gasteiger partial charge in [-0.3, -0.25) is 0 Å². The van der Waals surface area contributed by atoms with E-state index in [9.17, 15) is 0 Å². The zero-order valence-corrected chi connectivity index (χ0v) is 15.6. The average molecular weight is 342 g/mol. The van der Waals surface area contributed by atoms with Crippen molar-refractivity contribution >= 4 is 22.2 Å². The van der Waals surface area contributed by atoms with Crippen molar-refractivity contribution in [3.63, 3.8) is 0 Å². The van der Waals surface area contributed by atoms with Crippen molar-refractivity contribution < 1.29 is 0 Å². The molecule has 1 aromatic heterocycles. The Bertz CT molecular complexity index is 1000. The Kier molecular flexibility index (Phi) is 4.42. The molecule has 2 nitrogen and oxygen atoms in total. The summed E-state index contributed by atoms with van der Waals surface area (Å²) < 4.78 is 2.37. The maximum atomic E-state index is 6.32. The lowest BCUT2D eigenvalue weighted by molar-refractivity contribution is 0.598. The molecule has 1 heterocycles. The molecule has 0 radical (unpaired) electrons. The minimum Gasteiger partial charge on any atom is -0.398 e. The molecule has 0 bridgehead atoms. The maximum Gasteiger partial charge on any atom is 0.0480 e. The number of anilines is 1. The molecule has 1 unspecified atom stereocenters. The lowest BCUT2D eigenvalue weighted by Gasteiger charge is -2.23. The van der Waals surface area contributed by atoms with E-state index in [0.717, 1.165) is 25.1 Å². The van der Waals surface area contributed by atoms with Gasteiger partial charge in [0.15, 0.2) is 0 Å². The summed E-state index contributed by atoms with van der Waals surface area (Å²) in [6.45, 7) is 5.48. The SMILES string of the molecule is CC1=CCCc2c(N)cccc2C(C(C)Cn2ccc3ccccc32)=C1. The van der Waals surface area contributed by atoms with Crippen molar-refractivity contribution in [3.05, 3.63) is 83.6 Å². The Balaban J connectivity index is 1.75. The van der Waals surface area contributed by atoms with Crippen LogP contribution in [0.5, 0.6) is 0 Å². The van der Waals surface area contributed by atoms with Crippen LogP contribution in [-0.2, 0) is 13.0 Å². The molecule has 4 rings (SSSR count). The van der Waals surface area contributed by atoms with Crippen LogP contribution in [-0.4, -0.2) is 4.57 Å². The average Bonchev–Trinajstić information content (AvgIpc) is 3.02. The Morgan fingerprint density at radius 1 is 1.08 bits per heavy atom. The lowest BCUT2D eigenvalue weighted by Crippen LogP contribution is -2.12. The van der Waals surface area contributed by atoms with Crippen molar-refractivity contribution in [2.75, 3.05) is 5.73 Å². The third-order valence-electron chi connectivity index (χ3n) is 5.45. The zero-order valence-electron chi connectivity index (χ0n) is 15.6. The largest absolute Gasteiger partial charge is 0.398 e. The number of benzene rings is 2. The fourth-order valence-electron chi connectivity index (χ4n) is 4.08. The predicted molar refractivity (Wildman–Crippen MR) is 112 cm³/mol. The molecule has 2 aromatic carbocycles. The van der Waals surface area contributed by atoms with Gasteiger partial charge in [0, 0.05) is 23.9 Å². The summed E-state index contributed by atoms with van der Waals surface area (Å²) in [7, 11) is 0. The van der Waals surface area contributed by atoms with Crippen LogP contribution in [0, 0.1) is 5.92 Å². The summed E-state index contributed by atoms with van der Waals surface area (Å²) in [6, 6.07) is 17.1. The monoisotopic (exact) mass is 342 g/mol. The minimum atomic E-state index is 0.396. The van der Waals surface area contributed by atoms with Gasteiger partial charge in [-0.2, -0.15) is 0 Å². The predicted octanol–water partition coefficient (Wildman–Crippen LogP) is 5.84. The highest BCUT2D eigenvalue weighted by molar-refractivity contribution is 5.80. The second-order valence-electron chi connectivity index (χ2n) is 7.39. The Morgan fingerprint density at radius 2 is 1.92 bits per heavy atom. The van der Waals surface area contributed by atoms with Gasteiger partial charge >= 0.3 is 0 Å². The van der Waals surface area contributed by atoms with E-state index in [4.69, 9.17) is 5.73 Å². The number of hydrogen-bond donors (Lipinski definition) is 1. The molecule has 26 heavy (non-hydrogen) atoms. The van der Waals surface area contributed by atoms with E-state index >= 15 is 0 Å². The lowest BCUT2D eigenvalue weighted by atomic mass is 9.85. The van der Waals surface area contributed by atoms with E-state index in [-0.39, 0.29) is 0 Å². The number of allylic oxidation sites excluding steroid dienone is 4. The first-order valence-corrected chi connectivity index (χ1v) is 9.43. The number of nitrogens with zero attached hydrogens (tertiary/aromatic N) is 1. The second kappa shape index (κ2) is 6.87. The van der Waals surface area contributed by atoms with Crippen LogP contribution in [0.25, 0.3) is 16.5 Å². The normalized spacial score (nSPS) is 15.6. The summed E-state index contributed by atoms with van der Waals surface area (Å²) in [5.41, 5.74) is 13.9. The fraction of sp³-hybridized carbons (Fsp3) is 0.250. The van der Waals surface area contributed by atoms with Gasteiger partial charge in [0.05, 0.1) is 0 Å². The van der Waals surface area contributed by atoms with Crippen LogP contribution >= 0.6 is 0 Å². The summed E-state index contributed by atoms with van der Waals surface area (Å²) in [6.07, 6.45) is 8.94. The van der Waals surface area contributed by atoms with Crippen LogP contribution in [0.1, 0.15) is 31.4 Å². The number of rotatable bonds is 3. The number of nitrogen functional groups attached to an aromatic ring is 1. The summed E-state index contributed by atoms with van der Waals surface area (Å²) >= 11 is 0. The molecule has 0 saturated heterocycles. The van der Waals surface area contributed by atoms with E-state index in [2.05, 4.69) is 79.2 Å². The molecule has 1 aliphatic carbocycles. The quantitative estimate of drug-likeness (QED) is 0.596. The minimum absolute atomic E-state index is 0.396. The molecular weight excluding hydrogens is 316 g/mol. The molecule has 2 heteroatoms. The van der Waals surface area contributed by atoms with E-state index in [1.54, 1.807) is 0 Å². The highest BCUT2D eigenvalue weighted by Gasteiger charge is 2.18. The van der Waals surface area contributed by atoms with Gasteiger partial charge in [-0.15, -0.1) is 0 Å². The standard InChI is InChI=1S/C24H26N2/c1-17-7-5-10-21-20(9-6-11-23(21)25)22(15-17)18(2)16-26-14-13-19-8-3-4-12-24(19)26/h3-4,6-9,11-15,18H,5,10,16,25H2,1-2H3. The number of hydrogen-bond acceptors (Lipinski definition) is 1. The van der Waals surface area contributed by atoms with Gasteiger partial charge in [-0.05, 0) is 66.0 Å². The molecule has 132 valence electrons. The highest BCUT2D eigenvalue weighted by atomic mass is 15.0. The number of aromatic nitrogens is 1. The fourth-order valence-corrected chi connectivity index (χ4v) is 4.08. The van der Waals surface area contributed by atoms with Crippen LogP contribution in [0.15, 0.2) is 72.5 Å². The first kappa shape index (κ1) is 16.7. The van der Waals surface area contributed by atoms with Crippen molar-refractivity contribution in [2.24, 2.45) is 5.92 Å². The molecule has 0 aliphatic heterocycles.